The molecule has 2 heterocycles. The Bertz CT molecular complexity index is 576. The van der Waals surface area contributed by atoms with E-state index >= 15 is 0 Å². The first-order valence-corrected chi connectivity index (χ1v) is 5.53. The van der Waals surface area contributed by atoms with Crippen molar-refractivity contribution in [3.8, 4) is 11.3 Å². The fourth-order valence-corrected chi connectivity index (χ4v) is 1.64. The third-order valence-corrected chi connectivity index (χ3v) is 2.55. The highest BCUT2D eigenvalue weighted by molar-refractivity contribution is 9.10. The zero-order chi connectivity index (χ0) is 12.4. The third-order valence-electron chi connectivity index (χ3n) is 1.92. The average molecular weight is 316 g/mol. The van der Waals surface area contributed by atoms with Crippen LogP contribution in [-0.2, 0) is 0 Å². The van der Waals surface area contributed by atoms with Crippen molar-refractivity contribution in [1.82, 2.24) is 15.0 Å². The molecular formula is C9H4BrClN4O2. The number of halogens is 2. The molecule has 0 radical (unpaired) electrons. The third kappa shape index (κ3) is 2.56. The molecule has 86 valence electrons. The Morgan fingerprint density at radius 2 is 1.88 bits per heavy atom. The first-order chi connectivity index (χ1) is 8.08. The fraction of sp³-hybridized carbons (Fsp3) is 0. The molecule has 0 aromatic carbocycles. The number of pyridine rings is 1. The van der Waals surface area contributed by atoms with E-state index in [9.17, 15) is 10.1 Å². The Morgan fingerprint density at radius 3 is 2.47 bits per heavy atom. The van der Waals surface area contributed by atoms with E-state index < -0.39 is 4.92 Å². The Hall–Kier alpha value is -1.60. The monoisotopic (exact) mass is 314 g/mol. The van der Waals surface area contributed by atoms with Gasteiger partial charge in [-0.1, -0.05) is 0 Å². The second-order valence-corrected chi connectivity index (χ2v) is 4.27. The maximum atomic E-state index is 10.9. The van der Waals surface area contributed by atoms with Crippen LogP contribution in [0, 0.1) is 10.1 Å². The molecule has 0 fully saturated rings. The molecule has 0 aliphatic carbocycles. The molecule has 17 heavy (non-hydrogen) atoms. The lowest BCUT2D eigenvalue weighted by Gasteiger charge is -2.01. The second-order valence-electron chi connectivity index (χ2n) is 3.02. The van der Waals surface area contributed by atoms with E-state index in [0.29, 0.717) is 10.0 Å². The molecule has 0 saturated carbocycles. The summed E-state index contributed by atoms with van der Waals surface area (Å²) in [5.74, 6) is 0. The van der Waals surface area contributed by atoms with Gasteiger partial charge in [0.25, 0.3) is 5.69 Å². The van der Waals surface area contributed by atoms with Gasteiger partial charge in [-0.05, 0) is 27.5 Å². The SMILES string of the molecule is O=[N+]([O-])c1cc(Br)cnc1-c1cnc(Cl)nc1. The summed E-state index contributed by atoms with van der Waals surface area (Å²) in [5.41, 5.74) is 0.522. The van der Waals surface area contributed by atoms with Crippen LogP contribution in [0.1, 0.15) is 0 Å². The van der Waals surface area contributed by atoms with Gasteiger partial charge in [-0.2, -0.15) is 0 Å². The Kier molecular flexibility index (Phi) is 3.30. The Balaban J connectivity index is 2.58. The van der Waals surface area contributed by atoms with Crippen LogP contribution in [0.2, 0.25) is 5.28 Å². The van der Waals surface area contributed by atoms with Gasteiger partial charge in [0.05, 0.1) is 4.92 Å². The van der Waals surface area contributed by atoms with Crippen LogP contribution in [0.15, 0.2) is 29.1 Å². The normalized spacial score (nSPS) is 10.2. The fourth-order valence-electron chi connectivity index (χ4n) is 1.22. The van der Waals surface area contributed by atoms with Gasteiger partial charge in [0.1, 0.15) is 0 Å². The largest absolute Gasteiger partial charge is 0.296 e. The van der Waals surface area contributed by atoms with Crippen LogP contribution in [0.5, 0.6) is 0 Å². The Labute approximate surface area is 109 Å². The first-order valence-electron chi connectivity index (χ1n) is 4.36. The number of rotatable bonds is 2. The van der Waals surface area contributed by atoms with Crippen molar-refractivity contribution in [3.05, 3.63) is 44.5 Å². The average Bonchev–Trinajstić information content (AvgIpc) is 2.30. The van der Waals surface area contributed by atoms with Gasteiger partial charge in [-0.3, -0.25) is 10.1 Å². The van der Waals surface area contributed by atoms with Crippen molar-refractivity contribution >= 4 is 33.2 Å². The van der Waals surface area contributed by atoms with Gasteiger partial charge in [-0.25, -0.2) is 15.0 Å². The molecular weight excluding hydrogens is 311 g/mol. The number of hydrogen-bond donors (Lipinski definition) is 0. The van der Waals surface area contributed by atoms with E-state index in [2.05, 4.69) is 30.9 Å². The van der Waals surface area contributed by atoms with Crippen molar-refractivity contribution < 1.29 is 4.92 Å². The van der Waals surface area contributed by atoms with Crippen LogP contribution in [0.25, 0.3) is 11.3 Å². The topological polar surface area (TPSA) is 81.8 Å². The smallest absolute Gasteiger partial charge is 0.258 e. The van der Waals surface area contributed by atoms with E-state index in [-0.39, 0.29) is 16.7 Å². The molecule has 0 spiro atoms. The molecule has 8 heteroatoms. The number of hydrogen-bond acceptors (Lipinski definition) is 5. The molecule has 0 saturated heterocycles. The molecule has 0 N–H and O–H groups in total. The van der Waals surface area contributed by atoms with Gasteiger partial charge >= 0.3 is 0 Å². The molecule has 0 amide bonds. The van der Waals surface area contributed by atoms with E-state index in [4.69, 9.17) is 11.6 Å². The predicted molar refractivity (Wildman–Crippen MR) is 64.6 cm³/mol. The Morgan fingerprint density at radius 1 is 1.24 bits per heavy atom. The molecule has 0 aliphatic rings. The molecule has 0 atom stereocenters. The summed E-state index contributed by atoms with van der Waals surface area (Å²) in [6, 6.07) is 1.37. The summed E-state index contributed by atoms with van der Waals surface area (Å²) in [6.07, 6.45) is 4.24. The summed E-state index contributed by atoms with van der Waals surface area (Å²) in [5, 5.41) is 11.0. The highest BCUT2D eigenvalue weighted by Crippen LogP contribution is 2.29. The minimum atomic E-state index is -0.512. The summed E-state index contributed by atoms with van der Waals surface area (Å²) in [7, 11) is 0. The van der Waals surface area contributed by atoms with Crippen molar-refractivity contribution in [1.29, 1.82) is 0 Å². The summed E-state index contributed by atoms with van der Waals surface area (Å²) < 4.78 is 0.530. The summed E-state index contributed by atoms with van der Waals surface area (Å²) in [6.45, 7) is 0. The van der Waals surface area contributed by atoms with Crippen LogP contribution >= 0.6 is 27.5 Å². The second kappa shape index (κ2) is 4.72. The van der Waals surface area contributed by atoms with Crippen LogP contribution < -0.4 is 0 Å². The highest BCUT2D eigenvalue weighted by Gasteiger charge is 2.18. The number of nitrogens with zero attached hydrogens (tertiary/aromatic N) is 4. The van der Waals surface area contributed by atoms with Gasteiger partial charge in [0.15, 0.2) is 5.69 Å². The lowest BCUT2D eigenvalue weighted by molar-refractivity contribution is -0.384. The zero-order valence-corrected chi connectivity index (χ0v) is 10.5. The maximum Gasteiger partial charge on any atom is 0.296 e. The summed E-state index contributed by atoms with van der Waals surface area (Å²) in [4.78, 5) is 21.9. The lowest BCUT2D eigenvalue weighted by atomic mass is 10.2. The molecule has 2 aromatic heterocycles. The molecule has 2 aromatic rings. The van der Waals surface area contributed by atoms with Crippen LogP contribution in [0.3, 0.4) is 0 Å². The highest BCUT2D eigenvalue weighted by atomic mass is 79.9. The van der Waals surface area contributed by atoms with E-state index in [1.807, 2.05) is 0 Å². The van der Waals surface area contributed by atoms with Crippen molar-refractivity contribution in [2.75, 3.05) is 0 Å². The van der Waals surface area contributed by atoms with Crippen molar-refractivity contribution in [2.24, 2.45) is 0 Å². The quantitative estimate of drug-likeness (QED) is 0.483. The van der Waals surface area contributed by atoms with Crippen molar-refractivity contribution in [3.63, 3.8) is 0 Å². The minimum absolute atomic E-state index is 0.0773. The van der Waals surface area contributed by atoms with Gasteiger partial charge in [-0.15, -0.1) is 0 Å². The lowest BCUT2D eigenvalue weighted by Crippen LogP contribution is -1.96. The minimum Gasteiger partial charge on any atom is -0.258 e. The molecule has 0 bridgehead atoms. The van der Waals surface area contributed by atoms with Crippen LogP contribution in [-0.4, -0.2) is 19.9 Å². The van der Waals surface area contributed by atoms with E-state index in [1.54, 1.807) is 0 Å². The summed E-state index contributed by atoms with van der Waals surface area (Å²) >= 11 is 8.67. The zero-order valence-electron chi connectivity index (χ0n) is 8.17. The maximum absolute atomic E-state index is 10.9. The van der Waals surface area contributed by atoms with Crippen LogP contribution in [0.4, 0.5) is 5.69 Å². The van der Waals surface area contributed by atoms with Gasteiger partial charge < -0.3 is 0 Å². The van der Waals surface area contributed by atoms with E-state index in [1.165, 1.54) is 24.7 Å². The number of nitro groups is 1. The van der Waals surface area contributed by atoms with Gasteiger partial charge in [0.2, 0.25) is 5.28 Å². The predicted octanol–water partition coefficient (Wildman–Crippen LogP) is 2.86. The molecule has 6 nitrogen and oxygen atoms in total. The molecule has 0 unspecified atom stereocenters. The number of aromatic nitrogens is 3. The van der Waals surface area contributed by atoms with Gasteiger partial charge in [0, 0.05) is 34.7 Å². The molecule has 2 rings (SSSR count). The van der Waals surface area contributed by atoms with E-state index in [0.717, 1.165) is 0 Å². The molecule has 0 aliphatic heterocycles. The standard InChI is InChI=1S/C9H4BrClN4O2/c10-6-1-7(15(16)17)8(12-4-6)5-2-13-9(11)14-3-5/h1-4H. The first kappa shape index (κ1) is 11.9. The van der Waals surface area contributed by atoms with Crippen molar-refractivity contribution in [2.45, 2.75) is 0 Å².